The predicted octanol–water partition coefficient (Wildman–Crippen LogP) is 9.34. The number of ether oxygens (including phenoxy) is 2. The van der Waals surface area contributed by atoms with Gasteiger partial charge in [-0.3, -0.25) is 0 Å². The van der Waals surface area contributed by atoms with Gasteiger partial charge in [-0.15, -0.1) is 0 Å². The van der Waals surface area contributed by atoms with Crippen LogP contribution in [0.15, 0.2) is 96.6 Å². The molecule has 1 fully saturated rings. The van der Waals surface area contributed by atoms with Crippen LogP contribution in [0.5, 0.6) is 5.75 Å². The minimum Gasteiger partial charge on any atom is -0.489 e. The molecule has 2 unspecified atom stereocenters. The van der Waals surface area contributed by atoms with Crippen LogP contribution in [0.25, 0.3) is 5.57 Å². The van der Waals surface area contributed by atoms with Crippen LogP contribution in [0.4, 0.5) is 0 Å². The molecular formula is C37H42O2. The van der Waals surface area contributed by atoms with Crippen molar-refractivity contribution in [1.29, 1.82) is 0 Å². The summed E-state index contributed by atoms with van der Waals surface area (Å²) in [5.74, 6) is 2.30. The second-order valence-electron chi connectivity index (χ2n) is 12.0. The Hall–Kier alpha value is -3.10. The molecule has 0 N–H and O–H groups in total. The van der Waals surface area contributed by atoms with Crippen LogP contribution in [0.3, 0.4) is 0 Å². The molecule has 39 heavy (non-hydrogen) atoms. The Labute approximate surface area is 234 Å². The van der Waals surface area contributed by atoms with E-state index in [1.54, 1.807) is 11.1 Å². The topological polar surface area (TPSA) is 18.5 Å². The molecule has 6 rings (SSSR count). The van der Waals surface area contributed by atoms with Crippen molar-refractivity contribution in [2.45, 2.75) is 78.1 Å². The number of benzene rings is 3. The molecule has 3 aromatic rings. The summed E-state index contributed by atoms with van der Waals surface area (Å²) in [6, 6.07) is 28.0. The Morgan fingerprint density at radius 3 is 2.33 bits per heavy atom. The van der Waals surface area contributed by atoms with Crippen molar-refractivity contribution in [3.63, 3.8) is 0 Å². The van der Waals surface area contributed by atoms with E-state index in [2.05, 4.69) is 105 Å². The maximum atomic E-state index is 6.71. The van der Waals surface area contributed by atoms with Gasteiger partial charge in [0.2, 0.25) is 0 Å². The van der Waals surface area contributed by atoms with Crippen molar-refractivity contribution in [3.05, 3.63) is 119 Å². The summed E-state index contributed by atoms with van der Waals surface area (Å²) < 4.78 is 12.9. The first-order valence-electron chi connectivity index (χ1n) is 15.0. The van der Waals surface area contributed by atoms with Gasteiger partial charge in [0, 0.05) is 5.41 Å². The van der Waals surface area contributed by atoms with Gasteiger partial charge < -0.3 is 9.47 Å². The molecule has 202 valence electrons. The molecule has 3 aliphatic carbocycles. The number of allylic oxidation sites excluding steroid dienone is 4. The minimum absolute atomic E-state index is 0.203. The average Bonchev–Trinajstić information content (AvgIpc) is 3.31. The Morgan fingerprint density at radius 1 is 0.846 bits per heavy atom. The van der Waals surface area contributed by atoms with E-state index in [1.807, 2.05) is 0 Å². The van der Waals surface area contributed by atoms with Crippen LogP contribution in [0.2, 0.25) is 0 Å². The Balaban J connectivity index is 1.28. The van der Waals surface area contributed by atoms with Crippen LogP contribution in [0, 0.1) is 17.3 Å². The summed E-state index contributed by atoms with van der Waals surface area (Å²) in [5, 5.41) is 0. The molecule has 0 radical (unpaired) electrons. The Bertz CT molecular complexity index is 1320. The van der Waals surface area contributed by atoms with Gasteiger partial charge in [-0.2, -0.15) is 0 Å². The normalized spacial score (nSPS) is 25.8. The van der Waals surface area contributed by atoms with Gasteiger partial charge in [-0.25, -0.2) is 0 Å². The van der Waals surface area contributed by atoms with Gasteiger partial charge in [-0.1, -0.05) is 98.3 Å². The van der Waals surface area contributed by atoms with E-state index < -0.39 is 0 Å². The van der Waals surface area contributed by atoms with Gasteiger partial charge in [0.05, 0.1) is 12.7 Å². The number of hydrogen-bond acceptors (Lipinski definition) is 2. The largest absolute Gasteiger partial charge is 0.489 e. The molecule has 1 saturated carbocycles. The molecule has 0 heterocycles. The monoisotopic (exact) mass is 518 g/mol. The third-order valence-electron chi connectivity index (χ3n) is 9.55. The van der Waals surface area contributed by atoms with Crippen molar-refractivity contribution in [1.82, 2.24) is 0 Å². The summed E-state index contributed by atoms with van der Waals surface area (Å²) in [6.45, 7) is 6.10. The van der Waals surface area contributed by atoms with E-state index in [-0.39, 0.29) is 5.41 Å². The summed E-state index contributed by atoms with van der Waals surface area (Å²) in [5.41, 5.74) is 8.92. The molecule has 0 aromatic heterocycles. The Kier molecular flexibility index (Phi) is 7.75. The number of fused-ring (bicyclic) bond motifs is 5. The van der Waals surface area contributed by atoms with Gasteiger partial charge in [0.15, 0.2) is 0 Å². The third-order valence-corrected chi connectivity index (χ3v) is 9.55. The lowest BCUT2D eigenvalue weighted by Crippen LogP contribution is -2.42. The molecule has 2 nitrogen and oxygen atoms in total. The first-order valence-corrected chi connectivity index (χ1v) is 15.0. The first-order chi connectivity index (χ1) is 19.2. The second-order valence-corrected chi connectivity index (χ2v) is 12.0. The fourth-order valence-corrected chi connectivity index (χ4v) is 7.69. The zero-order chi connectivity index (χ0) is 26.7. The molecule has 4 atom stereocenters. The molecule has 3 aromatic carbocycles. The maximum absolute atomic E-state index is 6.71. The fraction of sp³-hybridized carbons (Fsp3) is 0.405. The highest BCUT2D eigenvalue weighted by Crippen LogP contribution is 2.61. The molecule has 3 aliphatic rings. The van der Waals surface area contributed by atoms with E-state index in [4.69, 9.17) is 9.47 Å². The lowest BCUT2D eigenvalue weighted by Gasteiger charge is -2.48. The van der Waals surface area contributed by atoms with Crippen LogP contribution >= 0.6 is 0 Å². The molecule has 0 amide bonds. The van der Waals surface area contributed by atoms with E-state index in [1.165, 1.54) is 41.5 Å². The highest BCUT2D eigenvalue weighted by molar-refractivity contribution is 5.76. The van der Waals surface area contributed by atoms with E-state index in [0.717, 1.165) is 31.4 Å². The zero-order valence-electron chi connectivity index (χ0n) is 23.6. The molecule has 2 heteroatoms. The summed E-state index contributed by atoms with van der Waals surface area (Å²) in [4.78, 5) is 0. The highest BCUT2D eigenvalue weighted by atomic mass is 16.5. The van der Waals surface area contributed by atoms with Gasteiger partial charge in [0.1, 0.15) is 12.4 Å². The summed E-state index contributed by atoms with van der Waals surface area (Å²) in [6.07, 6.45) is 13.2. The lowest BCUT2D eigenvalue weighted by molar-refractivity contribution is -0.0466. The van der Waals surface area contributed by atoms with Crippen molar-refractivity contribution in [2.24, 2.45) is 17.3 Å². The highest BCUT2D eigenvalue weighted by Gasteiger charge is 2.54. The lowest BCUT2D eigenvalue weighted by atomic mass is 9.57. The van der Waals surface area contributed by atoms with E-state index in [0.29, 0.717) is 31.2 Å². The minimum atomic E-state index is 0.203. The molecule has 0 spiro atoms. The first kappa shape index (κ1) is 26.1. The van der Waals surface area contributed by atoms with Crippen molar-refractivity contribution in [2.75, 3.05) is 0 Å². The molecular weight excluding hydrogens is 476 g/mol. The molecule has 0 bridgehead atoms. The van der Waals surface area contributed by atoms with Crippen molar-refractivity contribution >= 4 is 5.57 Å². The van der Waals surface area contributed by atoms with Crippen molar-refractivity contribution < 1.29 is 9.47 Å². The summed E-state index contributed by atoms with van der Waals surface area (Å²) >= 11 is 0. The van der Waals surface area contributed by atoms with Gasteiger partial charge >= 0.3 is 0 Å². The standard InChI is InChI=1S/C37H42O2/c1-3-4-7-16-30-24-37(2)34(21-22-35(37)39-26-28-14-10-6-11-15-28)33-19-17-29-23-31(18-20-32(29)36(30)33)38-25-27-12-8-5-9-13-27/h4-15,18,20,23,33-35H,3,16-17,19,21-22,24-26H2,1-2H3/b7-4+/t33?,34?,35-,37-/m0/s1. The average molecular weight is 519 g/mol. The van der Waals surface area contributed by atoms with Crippen molar-refractivity contribution in [3.8, 4) is 5.75 Å². The zero-order valence-corrected chi connectivity index (χ0v) is 23.6. The van der Waals surface area contributed by atoms with Crippen LogP contribution in [0.1, 0.15) is 74.6 Å². The number of rotatable bonds is 9. The van der Waals surface area contributed by atoms with Gasteiger partial charge in [0.25, 0.3) is 0 Å². The SMILES string of the molecule is CC/C=C/CC1=C2c3ccc(OCc4ccccc4)cc3CCC2C2CC[C@H](OCc3ccccc3)[C@@]2(C)C1. The maximum Gasteiger partial charge on any atom is 0.120 e. The van der Waals surface area contributed by atoms with Crippen LogP contribution in [-0.2, 0) is 24.4 Å². The molecule has 0 aliphatic heterocycles. The fourth-order valence-electron chi connectivity index (χ4n) is 7.69. The number of hydrogen-bond donors (Lipinski definition) is 0. The van der Waals surface area contributed by atoms with Crippen LogP contribution in [-0.4, -0.2) is 6.10 Å². The summed E-state index contributed by atoms with van der Waals surface area (Å²) in [7, 11) is 0. The Morgan fingerprint density at radius 2 is 1.59 bits per heavy atom. The molecule has 0 saturated heterocycles. The van der Waals surface area contributed by atoms with E-state index >= 15 is 0 Å². The predicted molar refractivity (Wildman–Crippen MR) is 160 cm³/mol. The smallest absolute Gasteiger partial charge is 0.120 e. The number of aryl methyl sites for hydroxylation is 1. The van der Waals surface area contributed by atoms with Gasteiger partial charge in [-0.05, 0) is 96.7 Å². The second kappa shape index (κ2) is 11.6. The van der Waals surface area contributed by atoms with E-state index in [9.17, 15) is 0 Å². The quantitative estimate of drug-likeness (QED) is 0.263. The van der Waals surface area contributed by atoms with Crippen LogP contribution < -0.4 is 4.74 Å². The third kappa shape index (κ3) is 5.37.